The maximum absolute atomic E-state index is 8.94. The van der Waals surface area contributed by atoms with Gasteiger partial charge in [-0.05, 0) is 50.1 Å². The molecule has 1 aromatic carbocycles. The van der Waals surface area contributed by atoms with Crippen molar-refractivity contribution in [1.29, 1.82) is 0 Å². The summed E-state index contributed by atoms with van der Waals surface area (Å²) < 4.78 is 0. The Morgan fingerprint density at radius 2 is 1.79 bits per heavy atom. The third kappa shape index (κ3) is 2.34. The summed E-state index contributed by atoms with van der Waals surface area (Å²) in [5.74, 6) is 0. The van der Waals surface area contributed by atoms with Crippen LogP contribution in [0.15, 0.2) is 12.1 Å². The molecular weight excluding hydrogens is 174 g/mol. The van der Waals surface area contributed by atoms with E-state index < -0.39 is 0 Å². The molecule has 0 fully saturated rings. The van der Waals surface area contributed by atoms with E-state index in [2.05, 4.69) is 32.9 Å². The Kier molecular flexibility index (Phi) is 3.67. The van der Waals surface area contributed by atoms with Gasteiger partial charge in [0.25, 0.3) is 0 Å². The molecule has 1 N–H and O–H groups in total. The van der Waals surface area contributed by atoms with Crippen LogP contribution in [0.3, 0.4) is 0 Å². The summed E-state index contributed by atoms with van der Waals surface area (Å²) in [4.78, 5) is 1.89. The van der Waals surface area contributed by atoms with Crippen molar-refractivity contribution in [3.63, 3.8) is 0 Å². The normalized spacial score (nSPS) is 11.0. The minimum atomic E-state index is 0.104. The molecular formula is C12H19NO. The van der Waals surface area contributed by atoms with Gasteiger partial charge >= 0.3 is 0 Å². The lowest BCUT2D eigenvalue weighted by atomic mass is 9.99. The average Bonchev–Trinajstić information content (AvgIpc) is 2.19. The van der Waals surface area contributed by atoms with E-state index in [1.54, 1.807) is 0 Å². The van der Waals surface area contributed by atoms with Gasteiger partial charge in [0.05, 0.1) is 6.73 Å². The molecule has 0 bridgehead atoms. The Labute approximate surface area is 86.2 Å². The van der Waals surface area contributed by atoms with Crippen molar-refractivity contribution in [1.82, 2.24) is 4.90 Å². The van der Waals surface area contributed by atoms with Gasteiger partial charge in [-0.25, -0.2) is 0 Å². The zero-order chi connectivity index (χ0) is 10.7. The lowest BCUT2D eigenvalue weighted by Gasteiger charge is -2.17. The van der Waals surface area contributed by atoms with Crippen LogP contribution in [0.25, 0.3) is 0 Å². The fourth-order valence-corrected chi connectivity index (χ4v) is 1.52. The van der Waals surface area contributed by atoms with Gasteiger partial charge in [0.1, 0.15) is 0 Å². The summed E-state index contributed by atoms with van der Waals surface area (Å²) in [6, 6.07) is 4.28. The fraction of sp³-hybridized carbons (Fsp3) is 0.500. The summed E-state index contributed by atoms with van der Waals surface area (Å²) >= 11 is 0. The molecule has 0 atom stereocenters. The van der Waals surface area contributed by atoms with Gasteiger partial charge in [0.15, 0.2) is 0 Å². The maximum Gasteiger partial charge on any atom is 0.0956 e. The molecule has 0 aliphatic rings. The van der Waals surface area contributed by atoms with E-state index in [-0.39, 0.29) is 6.73 Å². The average molecular weight is 193 g/mol. The summed E-state index contributed by atoms with van der Waals surface area (Å²) in [7, 11) is 1.91. The summed E-state index contributed by atoms with van der Waals surface area (Å²) in [5, 5.41) is 8.94. The minimum absolute atomic E-state index is 0.104. The van der Waals surface area contributed by atoms with Crippen LogP contribution in [0.5, 0.6) is 0 Å². The molecule has 1 aromatic rings. The molecule has 14 heavy (non-hydrogen) atoms. The first-order valence-corrected chi connectivity index (χ1v) is 4.91. The number of hydrogen-bond donors (Lipinski definition) is 1. The summed E-state index contributed by atoms with van der Waals surface area (Å²) in [6.07, 6.45) is 0. The van der Waals surface area contributed by atoms with E-state index in [9.17, 15) is 0 Å². The lowest BCUT2D eigenvalue weighted by Crippen LogP contribution is -2.19. The second-order valence-corrected chi connectivity index (χ2v) is 3.95. The highest BCUT2D eigenvalue weighted by Gasteiger charge is 2.05. The smallest absolute Gasteiger partial charge is 0.0956 e. The van der Waals surface area contributed by atoms with Crippen molar-refractivity contribution in [2.45, 2.75) is 27.3 Å². The predicted molar refractivity (Wildman–Crippen MR) is 59.2 cm³/mol. The molecule has 0 aliphatic carbocycles. The zero-order valence-electron chi connectivity index (χ0n) is 9.46. The number of rotatable bonds is 3. The highest BCUT2D eigenvalue weighted by Crippen LogP contribution is 2.17. The van der Waals surface area contributed by atoms with Gasteiger partial charge in [-0.2, -0.15) is 0 Å². The van der Waals surface area contributed by atoms with Crippen molar-refractivity contribution >= 4 is 0 Å². The number of aryl methyl sites for hydroxylation is 1. The van der Waals surface area contributed by atoms with Crippen molar-refractivity contribution in [3.05, 3.63) is 34.4 Å². The van der Waals surface area contributed by atoms with Crippen LogP contribution in [-0.2, 0) is 6.54 Å². The standard InChI is InChI=1S/C12H19NO/c1-9-5-6-12(7-13(4)8-14)11(3)10(9)2/h5-6,14H,7-8H2,1-4H3. The second kappa shape index (κ2) is 4.58. The van der Waals surface area contributed by atoms with Crippen molar-refractivity contribution in [2.24, 2.45) is 0 Å². The van der Waals surface area contributed by atoms with Crippen LogP contribution in [0.1, 0.15) is 22.3 Å². The monoisotopic (exact) mass is 193 g/mol. The number of nitrogens with zero attached hydrogens (tertiary/aromatic N) is 1. The molecule has 2 heteroatoms. The molecule has 0 saturated carbocycles. The van der Waals surface area contributed by atoms with Crippen molar-refractivity contribution in [3.8, 4) is 0 Å². The highest BCUT2D eigenvalue weighted by molar-refractivity contribution is 5.38. The third-order valence-corrected chi connectivity index (χ3v) is 2.85. The zero-order valence-corrected chi connectivity index (χ0v) is 9.46. The Balaban J connectivity index is 2.94. The van der Waals surface area contributed by atoms with Crippen molar-refractivity contribution in [2.75, 3.05) is 13.8 Å². The van der Waals surface area contributed by atoms with E-state index >= 15 is 0 Å². The molecule has 2 nitrogen and oxygen atoms in total. The van der Waals surface area contributed by atoms with E-state index in [1.165, 1.54) is 22.3 Å². The minimum Gasteiger partial charge on any atom is -0.381 e. The lowest BCUT2D eigenvalue weighted by molar-refractivity contribution is 0.127. The van der Waals surface area contributed by atoms with Gasteiger partial charge in [-0.1, -0.05) is 12.1 Å². The summed E-state index contributed by atoms with van der Waals surface area (Å²) in [6.45, 7) is 7.33. The van der Waals surface area contributed by atoms with E-state index in [1.807, 2.05) is 11.9 Å². The second-order valence-electron chi connectivity index (χ2n) is 3.95. The van der Waals surface area contributed by atoms with Gasteiger partial charge in [0.2, 0.25) is 0 Å². The Bertz CT molecular complexity index is 320. The molecule has 78 valence electrons. The van der Waals surface area contributed by atoms with Gasteiger partial charge in [-0.15, -0.1) is 0 Å². The van der Waals surface area contributed by atoms with Gasteiger partial charge in [0, 0.05) is 6.54 Å². The van der Waals surface area contributed by atoms with Crippen LogP contribution in [0.4, 0.5) is 0 Å². The topological polar surface area (TPSA) is 23.5 Å². The van der Waals surface area contributed by atoms with Crippen LogP contribution in [0, 0.1) is 20.8 Å². The SMILES string of the molecule is Cc1ccc(CN(C)CO)c(C)c1C. The third-order valence-electron chi connectivity index (χ3n) is 2.85. The molecule has 0 aliphatic heterocycles. The molecule has 0 spiro atoms. The number of benzene rings is 1. The fourth-order valence-electron chi connectivity index (χ4n) is 1.52. The molecule has 0 amide bonds. The number of aliphatic hydroxyl groups excluding tert-OH is 1. The molecule has 1 rings (SSSR count). The maximum atomic E-state index is 8.94. The largest absolute Gasteiger partial charge is 0.381 e. The first-order chi connectivity index (χ1) is 6.56. The molecule has 0 aromatic heterocycles. The Morgan fingerprint density at radius 1 is 1.14 bits per heavy atom. The van der Waals surface area contributed by atoms with Crippen LogP contribution >= 0.6 is 0 Å². The molecule has 0 heterocycles. The Morgan fingerprint density at radius 3 is 2.36 bits per heavy atom. The van der Waals surface area contributed by atoms with E-state index in [0.717, 1.165) is 6.54 Å². The number of aliphatic hydroxyl groups is 1. The van der Waals surface area contributed by atoms with Crippen molar-refractivity contribution < 1.29 is 5.11 Å². The Hall–Kier alpha value is -0.860. The highest BCUT2D eigenvalue weighted by atomic mass is 16.3. The quantitative estimate of drug-likeness (QED) is 0.742. The first-order valence-electron chi connectivity index (χ1n) is 4.91. The van der Waals surface area contributed by atoms with Gasteiger partial charge < -0.3 is 5.11 Å². The molecule has 0 saturated heterocycles. The van der Waals surface area contributed by atoms with Gasteiger partial charge in [-0.3, -0.25) is 4.90 Å². The van der Waals surface area contributed by atoms with Crippen LogP contribution in [-0.4, -0.2) is 23.8 Å². The van der Waals surface area contributed by atoms with E-state index in [0.29, 0.717) is 0 Å². The predicted octanol–water partition coefficient (Wildman–Crippen LogP) is 1.99. The summed E-state index contributed by atoms with van der Waals surface area (Å²) in [5.41, 5.74) is 5.32. The molecule has 0 radical (unpaired) electrons. The number of hydrogen-bond acceptors (Lipinski definition) is 2. The van der Waals surface area contributed by atoms with Crippen LogP contribution < -0.4 is 0 Å². The van der Waals surface area contributed by atoms with Crippen LogP contribution in [0.2, 0.25) is 0 Å². The van der Waals surface area contributed by atoms with E-state index in [4.69, 9.17) is 5.11 Å². The molecule has 0 unspecified atom stereocenters. The first kappa shape index (κ1) is 11.2.